The van der Waals surface area contributed by atoms with Gasteiger partial charge in [-0.3, -0.25) is 9.69 Å². The normalized spacial score (nSPS) is 19.0. The molecule has 22 heavy (non-hydrogen) atoms. The van der Waals surface area contributed by atoms with Crippen LogP contribution in [0, 0.1) is 0 Å². The molecule has 1 unspecified atom stereocenters. The Bertz CT molecular complexity index is 494. The van der Waals surface area contributed by atoms with Crippen molar-refractivity contribution < 1.29 is 14.6 Å². The molecular formula is C17H24N2O3. The number of ether oxygens (including phenoxy) is 1. The topological polar surface area (TPSA) is 61.8 Å². The number of hydrogen-bond acceptors (Lipinski definition) is 4. The number of carbonyl (C=O) groups is 1. The molecule has 0 spiro atoms. The van der Waals surface area contributed by atoms with Crippen LogP contribution < -0.4 is 5.32 Å². The van der Waals surface area contributed by atoms with E-state index in [0.717, 1.165) is 18.7 Å². The minimum atomic E-state index is -0.951. The van der Waals surface area contributed by atoms with E-state index >= 15 is 0 Å². The van der Waals surface area contributed by atoms with E-state index in [1.807, 2.05) is 30.3 Å². The highest BCUT2D eigenvalue weighted by molar-refractivity contribution is 5.91. The Morgan fingerprint density at radius 1 is 1.36 bits per heavy atom. The fraction of sp³-hybridized carbons (Fsp3) is 0.471. The summed E-state index contributed by atoms with van der Waals surface area (Å²) in [6, 6.07) is 9.63. The van der Waals surface area contributed by atoms with Crippen molar-refractivity contribution in [1.82, 2.24) is 10.2 Å². The molecule has 5 heteroatoms. The lowest BCUT2D eigenvalue weighted by Gasteiger charge is -2.33. The SMILES string of the molecule is CC(O)(CNC(=O)C=Cc1ccccc1)CN1CCOCC1. The molecule has 0 aliphatic carbocycles. The van der Waals surface area contributed by atoms with Crippen LogP contribution in [0.4, 0.5) is 0 Å². The minimum Gasteiger partial charge on any atom is -0.387 e. The maximum Gasteiger partial charge on any atom is 0.244 e. The number of carbonyl (C=O) groups excluding carboxylic acids is 1. The van der Waals surface area contributed by atoms with Crippen molar-refractivity contribution in [1.29, 1.82) is 0 Å². The number of benzene rings is 1. The van der Waals surface area contributed by atoms with Crippen molar-refractivity contribution in [2.75, 3.05) is 39.4 Å². The van der Waals surface area contributed by atoms with Gasteiger partial charge in [0.05, 0.1) is 18.8 Å². The highest BCUT2D eigenvalue weighted by Gasteiger charge is 2.25. The predicted octanol–water partition coefficient (Wildman–Crippen LogP) is 0.899. The van der Waals surface area contributed by atoms with E-state index in [2.05, 4.69) is 10.2 Å². The molecule has 0 bridgehead atoms. The first kappa shape index (κ1) is 16.7. The first-order valence-electron chi connectivity index (χ1n) is 7.59. The second-order valence-corrected chi connectivity index (χ2v) is 5.85. The Hall–Kier alpha value is -1.69. The van der Waals surface area contributed by atoms with Gasteiger partial charge in [0.15, 0.2) is 0 Å². The van der Waals surface area contributed by atoms with Gasteiger partial charge in [0.1, 0.15) is 0 Å². The third kappa shape index (κ3) is 5.97. The summed E-state index contributed by atoms with van der Waals surface area (Å²) in [4.78, 5) is 14.0. The highest BCUT2D eigenvalue weighted by Crippen LogP contribution is 2.07. The molecule has 0 radical (unpaired) electrons. The van der Waals surface area contributed by atoms with Gasteiger partial charge in [0.25, 0.3) is 0 Å². The summed E-state index contributed by atoms with van der Waals surface area (Å²) in [6.45, 7) is 5.52. The smallest absolute Gasteiger partial charge is 0.244 e. The van der Waals surface area contributed by atoms with E-state index in [1.54, 1.807) is 13.0 Å². The molecule has 1 aromatic carbocycles. The molecule has 1 atom stereocenters. The molecule has 2 N–H and O–H groups in total. The van der Waals surface area contributed by atoms with Crippen LogP contribution in [0.15, 0.2) is 36.4 Å². The van der Waals surface area contributed by atoms with Gasteiger partial charge >= 0.3 is 0 Å². The summed E-state index contributed by atoms with van der Waals surface area (Å²) >= 11 is 0. The first-order valence-corrected chi connectivity index (χ1v) is 7.59. The quantitative estimate of drug-likeness (QED) is 0.767. The molecule has 120 valence electrons. The summed E-state index contributed by atoms with van der Waals surface area (Å²) in [6.07, 6.45) is 3.24. The summed E-state index contributed by atoms with van der Waals surface area (Å²) < 4.78 is 5.28. The lowest BCUT2D eigenvalue weighted by atomic mass is 10.1. The number of morpholine rings is 1. The van der Waals surface area contributed by atoms with Crippen LogP contribution in [-0.2, 0) is 9.53 Å². The lowest BCUT2D eigenvalue weighted by Crippen LogP contribution is -2.51. The number of hydrogen-bond donors (Lipinski definition) is 2. The molecule has 0 saturated carbocycles. The third-order valence-electron chi connectivity index (χ3n) is 3.54. The largest absolute Gasteiger partial charge is 0.387 e. The average molecular weight is 304 g/mol. The summed E-state index contributed by atoms with van der Waals surface area (Å²) in [7, 11) is 0. The number of amides is 1. The molecule has 1 fully saturated rings. The predicted molar refractivity (Wildman–Crippen MR) is 86.4 cm³/mol. The third-order valence-corrected chi connectivity index (χ3v) is 3.54. The standard InChI is InChI=1S/C17H24N2O3/c1-17(21,14-19-9-11-22-12-10-19)13-18-16(20)8-7-15-5-3-2-4-6-15/h2-8,21H,9-14H2,1H3,(H,18,20). The molecule has 1 heterocycles. The van der Waals surface area contributed by atoms with Crippen molar-refractivity contribution in [2.24, 2.45) is 0 Å². The van der Waals surface area contributed by atoms with Crippen LogP contribution in [0.1, 0.15) is 12.5 Å². The fourth-order valence-electron chi connectivity index (χ4n) is 2.37. The van der Waals surface area contributed by atoms with Crippen LogP contribution in [0.2, 0.25) is 0 Å². The van der Waals surface area contributed by atoms with Crippen LogP contribution >= 0.6 is 0 Å². The zero-order valence-corrected chi connectivity index (χ0v) is 13.0. The van der Waals surface area contributed by atoms with Gasteiger partial charge in [-0.2, -0.15) is 0 Å². The number of aliphatic hydroxyl groups is 1. The molecule has 1 saturated heterocycles. The van der Waals surface area contributed by atoms with Crippen molar-refractivity contribution >= 4 is 12.0 Å². The van der Waals surface area contributed by atoms with Gasteiger partial charge in [-0.15, -0.1) is 0 Å². The second kappa shape index (κ2) is 8.08. The fourth-order valence-corrected chi connectivity index (χ4v) is 2.37. The summed E-state index contributed by atoms with van der Waals surface area (Å²) in [5.41, 5.74) is 0.0193. The van der Waals surface area contributed by atoms with Crippen LogP contribution in [0.5, 0.6) is 0 Å². The number of rotatable bonds is 6. The van der Waals surface area contributed by atoms with Crippen LogP contribution in [0.25, 0.3) is 6.08 Å². The van der Waals surface area contributed by atoms with Crippen molar-refractivity contribution in [2.45, 2.75) is 12.5 Å². The zero-order chi connectivity index (χ0) is 15.8. The van der Waals surface area contributed by atoms with Crippen molar-refractivity contribution in [3.63, 3.8) is 0 Å². The number of nitrogens with one attached hydrogen (secondary N) is 1. The van der Waals surface area contributed by atoms with E-state index < -0.39 is 5.60 Å². The lowest BCUT2D eigenvalue weighted by molar-refractivity contribution is -0.117. The second-order valence-electron chi connectivity index (χ2n) is 5.85. The number of β-amino-alcohol motifs (C(OH)–C–C–N with tert-alkyl or cyclic N) is 1. The monoisotopic (exact) mass is 304 g/mol. The minimum absolute atomic E-state index is 0.203. The van der Waals surface area contributed by atoms with Gasteiger partial charge in [-0.25, -0.2) is 0 Å². The molecule has 1 aliphatic heterocycles. The molecule has 1 aromatic rings. The Balaban J connectivity index is 1.75. The Morgan fingerprint density at radius 3 is 2.73 bits per heavy atom. The van der Waals surface area contributed by atoms with E-state index in [4.69, 9.17) is 4.74 Å². The van der Waals surface area contributed by atoms with Crippen LogP contribution in [-0.4, -0.2) is 60.9 Å². The molecule has 0 aromatic heterocycles. The average Bonchev–Trinajstić information content (AvgIpc) is 2.53. The molecular weight excluding hydrogens is 280 g/mol. The van der Waals surface area contributed by atoms with E-state index in [9.17, 15) is 9.90 Å². The van der Waals surface area contributed by atoms with E-state index in [-0.39, 0.29) is 12.5 Å². The maximum atomic E-state index is 11.8. The van der Waals surface area contributed by atoms with Gasteiger partial charge < -0.3 is 15.2 Å². The molecule has 1 aliphatic rings. The highest BCUT2D eigenvalue weighted by atomic mass is 16.5. The maximum absolute atomic E-state index is 11.8. The molecule has 2 rings (SSSR count). The Labute approximate surface area is 131 Å². The molecule has 1 amide bonds. The van der Waals surface area contributed by atoms with Crippen molar-refractivity contribution in [3.05, 3.63) is 42.0 Å². The number of nitrogens with zero attached hydrogens (tertiary/aromatic N) is 1. The Kier molecular flexibility index (Phi) is 6.12. The van der Waals surface area contributed by atoms with Gasteiger partial charge in [-0.1, -0.05) is 30.3 Å². The molecule has 5 nitrogen and oxygen atoms in total. The summed E-state index contributed by atoms with van der Waals surface area (Å²) in [5.74, 6) is -0.203. The van der Waals surface area contributed by atoms with Gasteiger partial charge in [0, 0.05) is 32.3 Å². The summed E-state index contributed by atoms with van der Waals surface area (Å²) in [5, 5.41) is 13.1. The van der Waals surface area contributed by atoms with E-state index in [1.165, 1.54) is 6.08 Å². The van der Waals surface area contributed by atoms with Crippen molar-refractivity contribution in [3.8, 4) is 0 Å². The van der Waals surface area contributed by atoms with E-state index in [0.29, 0.717) is 19.8 Å². The van der Waals surface area contributed by atoms with Gasteiger partial charge in [0.2, 0.25) is 5.91 Å². The zero-order valence-electron chi connectivity index (χ0n) is 13.0. The van der Waals surface area contributed by atoms with Gasteiger partial charge in [-0.05, 0) is 18.6 Å². The van der Waals surface area contributed by atoms with Crippen LogP contribution in [0.3, 0.4) is 0 Å². The first-order chi connectivity index (χ1) is 10.6. The Morgan fingerprint density at radius 2 is 2.05 bits per heavy atom.